The molecule has 6 nitrogen and oxygen atoms in total. The average molecular weight is 295 g/mol. The molecular formula is C14H18FN3O3. The summed E-state index contributed by atoms with van der Waals surface area (Å²) in [7, 11) is 1.58. The zero-order chi connectivity index (χ0) is 15.4. The molecule has 1 saturated heterocycles. The van der Waals surface area contributed by atoms with E-state index in [0.29, 0.717) is 18.0 Å². The standard InChI is InChI=1S/C14H18FN3O3/c1-11(21-2)17-8-6-16(7-9-17)10-12-4-3-5-13(14(12)15)18(19)20/h3-5H,1,6-10H2,2H3. The van der Waals surface area contributed by atoms with Crippen molar-refractivity contribution in [1.82, 2.24) is 9.80 Å². The topological polar surface area (TPSA) is 58.8 Å². The number of benzene rings is 1. The van der Waals surface area contributed by atoms with Gasteiger partial charge in [0.15, 0.2) is 5.88 Å². The molecule has 1 aromatic carbocycles. The van der Waals surface area contributed by atoms with Crippen molar-refractivity contribution in [3.63, 3.8) is 0 Å². The van der Waals surface area contributed by atoms with Gasteiger partial charge in [-0.3, -0.25) is 15.0 Å². The number of hydrogen-bond donors (Lipinski definition) is 0. The van der Waals surface area contributed by atoms with E-state index >= 15 is 0 Å². The number of nitro benzene ring substituents is 1. The second-order valence-electron chi connectivity index (χ2n) is 4.87. The van der Waals surface area contributed by atoms with E-state index in [0.717, 1.165) is 26.2 Å². The molecule has 1 fully saturated rings. The predicted molar refractivity (Wildman–Crippen MR) is 76.1 cm³/mol. The molecule has 0 N–H and O–H groups in total. The van der Waals surface area contributed by atoms with Crippen molar-refractivity contribution >= 4 is 5.69 Å². The summed E-state index contributed by atoms with van der Waals surface area (Å²) < 4.78 is 19.1. The molecule has 1 aromatic rings. The third kappa shape index (κ3) is 3.49. The van der Waals surface area contributed by atoms with Crippen LogP contribution in [0.25, 0.3) is 0 Å². The van der Waals surface area contributed by atoms with Crippen LogP contribution in [0, 0.1) is 15.9 Å². The van der Waals surface area contributed by atoms with E-state index in [4.69, 9.17) is 4.74 Å². The van der Waals surface area contributed by atoms with Gasteiger partial charge in [-0.15, -0.1) is 0 Å². The summed E-state index contributed by atoms with van der Waals surface area (Å²) in [6.45, 7) is 7.10. The van der Waals surface area contributed by atoms with Crippen LogP contribution in [0.2, 0.25) is 0 Å². The Morgan fingerprint density at radius 2 is 2.10 bits per heavy atom. The van der Waals surface area contributed by atoms with Gasteiger partial charge in [0.05, 0.1) is 12.0 Å². The first kappa shape index (κ1) is 15.2. The Balaban J connectivity index is 1.99. The van der Waals surface area contributed by atoms with Gasteiger partial charge >= 0.3 is 5.69 Å². The number of nitro groups is 1. The molecule has 1 aliphatic heterocycles. The van der Waals surface area contributed by atoms with Crippen LogP contribution in [-0.4, -0.2) is 48.0 Å². The van der Waals surface area contributed by atoms with Crippen LogP contribution in [0.15, 0.2) is 30.7 Å². The molecule has 0 radical (unpaired) electrons. The normalized spacial score (nSPS) is 15.8. The zero-order valence-corrected chi connectivity index (χ0v) is 11.9. The van der Waals surface area contributed by atoms with E-state index in [9.17, 15) is 14.5 Å². The Morgan fingerprint density at radius 3 is 2.67 bits per heavy atom. The van der Waals surface area contributed by atoms with Crippen molar-refractivity contribution in [3.8, 4) is 0 Å². The maximum Gasteiger partial charge on any atom is 0.305 e. The van der Waals surface area contributed by atoms with Gasteiger partial charge in [0.25, 0.3) is 0 Å². The number of rotatable bonds is 5. The molecule has 0 aliphatic carbocycles. The highest BCUT2D eigenvalue weighted by molar-refractivity contribution is 5.36. The summed E-state index contributed by atoms with van der Waals surface area (Å²) in [4.78, 5) is 14.1. The third-order valence-corrected chi connectivity index (χ3v) is 3.61. The van der Waals surface area contributed by atoms with E-state index in [1.807, 2.05) is 4.90 Å². The molecule has 0 amide bonds. The summed E-state index contributed by atoms with van der Waals surface area (Å²) in [6.07, 6.45) is 0. The van der Waals surface area contributed by atoms with Crippen LogP contribution in [0.3, 0.4) is 0 Å². The third-order valence-electron chi connectivity index (χ3n) is 3.61. The summed E-state index contributed by atoms with van der Waals surface area (Å²) in [5.74, 6) is -0.123. The van der Waals surface area contributed by atoms with E-state index in [-0.39, 0.29) is 0 Å². The molecule has 0 bridgehead atoms. The molecular weight excluding hydrogens is 277 g/mol. The predicted octanol–water partition coefficient (Wildman–Crippen LogP) is 1.97. The van der Waals surface area contributed by atoms with Crippen molar-refractivity contribution < 1.29 is 14.1 Å². The van der Waals surface area contributed by atoms with Crippen molar-refractivity contribution in [2.45, 2.75) is 6.54 Å². The van der Waals surface area contributed by atoms with Crippen LogP contribution in [0.4, 0.5) is 10.1 Å². The zero-order valence-electron chi connectivity index (χ0n) is 11.9. The fourth-order valence-corrected chi connectivity index (χ4v) is 2.35. The van der Waals surface area contributed by atoms with Crippen LogP contribution >= 0.6 is 0 Å². The van der Waals surface area contributed by atoms with Gasteiger partial charge in [-0.25, -0.2) is 0 Å². The lowest BCUT2D eigenvalue weighted by atomic mass is 10.1. The molecule has 0 spiro atoms. The fourth-order valence-electron chi connectivity index (χ4n) is 2.35. The molecule has 2 rings (SSSR count). The van der Waals surface area contributed by atoms with Gasteiger partial charge in [0.1, 0.15) is 0 Å². The summed E-state index contributed by atoms with van der Waals surface area (Å²) >= 11 is 0. The number of methoxy groups -OCH3 is 1. The van der Waals surface area contributed by atoms with Gasteiger partial charge in [-0.2, -0.15) is 4.39 Å². The lowest BCUT2D eigenvalue weighted by Crippen LogP contribution is -2.45. The highest BCUT2D eigenvalue weighted by Gasteiger charge is 2.22. The first-order valence-corrected chi connectivity index (χ1v) is 6.65. The molecule has 0 atom stereocenters. The average Bonchev–Trinajstić information content (AvgIpc) is 2.49. The van der Waals surface area contributed by atoms with Gasteiger partial charge in [0.2, 0.25) is 5.82 Å². The fraction of sp³-hybridized carbons (Fsp3) is 0.429. The molecule has 0 unspecified atom stereocenters. The van der Waals surface area contributed by atoms with Crippen molar-refractivity contribution in [1.29, 1.82) is 0 Å². The van der Waals surface area contributed by atoms with Crippen molar-refractivity contribution in [2.24, 2.45) is 0 Å². The van der Waals surface area contributed by atoms with Gasteiger partial charge < -0.3 is 9.64 Å². The molecule has 0 saturated carbocycles. The number of piperazine rings is 1. The Labute approximate surface area is 122 Å². The van der Waals surface area contributed by atoms with E-state index in [1.165, 1.54) is 12.1 Å². The Kier molecular flexibility index (Phi) is 4.74. The molecule has 0 aromatic heterocycles. The molecule has 1 aliphatic rings. The number of ether oxygens (including phenoxy) is 1. The highest BCUT2D eigenvalue weighted by atomic mass is 19.1. The van der Waals surface area contributed by atoms with Crippen molar-refractivity contribution in [2.75, 3.05) is 33.3 Å². The summed E-state index contributed by atoms with van der Waals surface area (Å²) in [5, 5.41) is 10.7. The quantitative estimate of drug-likeness (QED) is 0.472. The number of hydrogen-bond acceptors (Lipinski definition) is 5. The van der Waals surface area contributed by atoms with Gasteiger partial charge in [0, 0.05) is 44.4 Å². The second kappa shape index (κ2) is 6.53. The summed E-state index contributed by atoms with van der Waals surface area (Å²) in [6, 6.07) is 4.28. The maximum absolute atomic E-state index is 14.0. The minimum Gasteiger partial charge on any atom is -0.483 e. The van der Waals surface area contributed by atoms with Crippen LogP contribution in [0.5, 0.6) is 0 Å². The lowest BCUT2D eigenvalue weighted by Gasteiger charge is -2.36. The minimum atomic E-state index is -0.744. The SMILES string of the molecule is C=C(OC)N1CCN(Cc2cccc([N+](=O)[O-])c2F)CC1. The summed E-state index contributed by atoms with van der Waals surface area (Å²) in [5.41, 5.74) is -0.123. The Bertz CT molecular complexity index is 542. The maximum atomic E-state index is 14.0. The van der Waals surface area contributed by atoms with E-state index in [1.54, 1.807) is 13.2 Å². The van der Waals surface area contributed by atoms with Crippen LogP contribution in [-0.2, 0) is 11.3 Å². The Hall–Kier alpha value is -2.15. The Morgan fingerprint density at radius 1 is 1.43 bits per heavy atom. The number of nitrogens with zero attached hydrogens (tertiary/aromatic N) is 3. The largest absolute Gasteiger partial charge is 0.483 e. The monoisotopic (exact) mass is 295 g/mol. The second-order valence-corrected chi connectivity index (χ2v) is 4.87. The van der Waals surface area contributed by atoms with E-state index in [2.05, 4.69) is 11.5 Å². The lowest BCUT2D eigenvalue weighted by molar-refractivity contribution is -0.387. The highest BCUT2D eigenvalue weighted by Crippen LogP contribution is 2.22. The number of halogens is 1. The minimum absolute atomic E-state index is 0.350. The molecule has 114 valence electrons. The van der Waals surface area contributed by atoms with Gasteiger partial charge in [-0.05, 0) is 6.58 Å². The molecule has 7 heteroatoms. The first-order valence-electron chi connectivity index (χ1n) is 6.65. The smallest absolute Gasteiger partial charge is 0.305 e. The molecule has 1 heterocycles. The van der Waals surface area contributed by atoms with Crippen molar-refractivity contribution in [3.05, 3.63) is 52.2 Å². The van der Waals surface area contributed by atoms with Gasteiger partial charge in [-0.1, -0.05) is 12.1 Å². The van der Waals surface area contributed by atoms with E-state index < -0.39 is 16.4 Å². The molecule has 21 heavy (non-hydrogen) atoms. The van der Waals surface area contributed by atoms with Crippen LogP contribution < -0.4 is 0 Å². The first-order chi connectivity index (χ1) is 10.0. The van der Waals surface area contributed by atoms with Crippen LogP contribution in [0.1, 0.15) is 5.56 Å².